The number of amides is 1. The van der Waals surface area contributed by atoms with E-state index in [-0.39, 0.29) is 23.0 Å². The highest BCUT2D eigenvalue weighted by Crippen LogP contribution is 2.31. The van der Waals surface area contributed by atoms with E-state index in [9.17, 15) is 23.7 Å². The lowest BCUT2D eigenvalue weighted by Gasteiger charge is -2.09. The van der Waals surface area contributed by atoms with Gasteiger partial charge in [-0.15, -0.1) is 0 Å². The molecule has 7 nitrogen and oxygen atoms in total. The number of ether oxygens (including phenoxy) is 1. The molecule has 0 atom stereocenters. The zero-order valence-corrected chi connectivity index (χ0v) is 13.4. The maximum absolute atomic E-state index is 12.3. The van der Waals surface area contributed by atoms with Crippen molar-refractivity contribution >= 4 is 23.0 Å². The number of nitrogens with zero attached hydrogens (tertiary/aromatic N) is 1. The van der Waals surface area contributed by atoms with E-state index in [2.05, 4.69) is 15.4 Å². The Bertz CT molecular complexity index is 823. The molecule has 0 saturated heterocycles. The van der Waals surface area contributed by atoms with Gasteiger partial charge in [0, 0.05) is 23.4 Å². The lowest BCUT2D eigenvalue weighted by atomic mass is 10.1. The first-order chi connectivity index (χ1) is 12.4. The Labute approximate surface area is 147 Å². The summed E-state index contributed by atoms with van der Waals surface area (Å²) in [5.74, 6) is -0.585. The second-order valence-corrected chi connectivity index (χ2v) is 5.76. The SMILES string of the molecule is O=C(Nc1ccc(OC(F)F)cc1)c1ccc(NC2CC2)c([N+](=O)[O-])c1. The lowest BCUT2D eigenvalue weighted by molar-refractivity contribution is -0.384. The van der Waals surface area contributed by atoms with Crippen LogP contribution in [0.3, 0.4) is 0 Å². The topological polar surface area (TPSA) is 93.5 Å². The molecule has 2 aromatic rings. The minimum absolute atomic E-state index is 0.0378. The van der Waals surface area contributed by atoms with Crippen molar-refractivity contribution in [2.75, 3.05) is 10.6 Å². The highest BCUT2D eigenvalue weighted by Gasteiger charge is 2.25. The monoisotopic (exact) mass is 363 g/mol. The van der Waals surface area contributed by atoms with E-state index >= 15 is 0 Å². The molecule has 1 fully saturated rings. The molecule has 9 heteroatoms. The quantitative estimate of drug-likeness (QED) is 0.572. The number of carbonyl (C=O) groups is 1. The summed E-state index contributed by atoms with van der Waals surface area (Å²) in [7, 11) is 0. The number of nitro benzene ring substituents is 1. The number of nitro groups is 1. The standard InChI is InChI=1S/C17H15F2N3O4/c18-17(19)26-13-6-4-12(5-7-13)21-16(23)10-1-8-14(20-11-2-3-11)15(9-10)22(24)25/h1,4-9,11,17,20H,2-3H2,(H,21,23). The van der Waals surface area contributed by atoms with Crippen molar-refractivity contribution in [1.29, 1.82) is 0 Å². The third-order valence-electron chi connectivity index (χ3n) is 3.73. The van der Waals surface area contributed by atoms with E-state index < -0.39 is 17.4 Å². The van der Waals surface area contributed by atoms with Crippen LogP contribution in [0.5, 0.6) is 5.75 Å². The predicted molar refractivity (Wildman–Crippen MR) is 90.8 cm³/mol. The van der Waals surface area contributed by atoms with Crippen LogP contribution in [0, 0.1) is 10.1 Å². The van der Waals surface area contributed by atoms with Gasteiger partial charge in [-0.1, -0.05) is 0 Å². The fourth-order valence-electron chi connectivity index (χ4n) is 2.32. The second-order valence-electron chi connectivity index (χ2n) is 5.76. The van der Waals surface area contributed by atoms with Gasteiger partial charge in [0.2, 0.25) is 0 Å². The Hall–Kier alpha value is -3.23. The zero-order chi connectivity index (χ0) is 18.7. The van der Waals surface area contributed by atoms with Crippen LogP contribution in [0.2, 0.25) is 0 Å². The van der Waals surface area contributed by atoms with Crippen LogP contribution in [0.15, 0.2) is 42.5 Å². The molecule has 0 bridgehead atoms. The molecule has 26 heavy (non-hydrogen) atoms. The van der Waals surface area contributed by atoms with E-state index in [1.807, 2.05) is 0 Å². The number of anilines is 2. The van der Waals surface area contributed by atoms with Gasteiger partial charge < -0.3 is 15.4 Å². The highest BCUT2D eigenvalue weighted by molar-refractivity contribution is 6.05. The molecule has 3 rings (SSSR count). The van der Waals surface area contributed by atoms with Crippen LogP contribution in [-0.4, -0.2) is 23.5 Å². The number of hydrogen-bond acceptors (Lipinski definition) is 5. The third-order valence-corrected chi connectivity index (χ3v) is 3.73. The predicted octanol–water partition coefficient (Wildman–Crippen LogP) is 4.02. The van der Waals surface area contributed by atoms with Crippen molar-refractivity contribution in [3.63, 3.8) is 0 Å². The van der Waals surface area contributed by atoms with Crippen LogP contribution in [0.1, 0.15) is 23.2 Å². The van der Waals surface area contributed by atoms with Gasteiger partial charge >= 0.3 is 6.61 Å². The Morgan fingerprint density at radius 1 is 1.19 bits per heavy atom. The van der Waals surface area contributed by atoms with Crippen molar-refractivity contribution in [2.24, 2.45) is 0 Å². The minimum atomic E-state index is -2.93. The Morgan fingerprint density at radius 2 is 1.88 bits per heavy atom. The van der Waals surface area contributed by atoms with Gasteiger partial charge in [-0.3, -0.25) is 14.9 Å². The zero-order valence-electron chi connectivity index (χ0n) is 13.4. The van der Waals surface area contributed by atoms with E-state index in [1.165, 1.54) is 42.5 Å². The summed E-state index contributed by atoms with van der Waals surface area (Å²) in [4.78, 5) is 23.0. The van der Waals surface area contributed by atoms with Gasteiger partial charge in [0.15, 0.2) is 0 Å². The van der Waals surface area contributed by atoms with Gasteiger partial charge in [-0.25, -0.2) is 0 Å². The molecule has 0 aliphatic heterocycles. The molecule has 2 aromatic carbocycles. The first-order valence-electron chi connectivity index (χ1n) is 7.83. The maximum atomic E-state index is 12.3. The fourth-order valence-corrected chi connectivity index (χ4v) is 2.32. The van der Waals surface area contributed by atoms with Crippen LogP contribution in [0.4, 0.5) is 25.8 Å². The van der Waals surface area contributed by atoms with Crippen LogP contribution < -0.4 is 15.4 Å². The molecule has 0 unspecified atom stereocenters. The van der Waals surface area contributed by atoms with Gasteiger partial charge in [0.1, 0.15) is 11.4 Å². The van der Waals surface area contributed by atoms with E-state index in [4.69, 9.17) is 0 Å². The molecule has 1 aliphatic rings. The largest absolute Gasteiger partial charge is 0.435 e. The minimum Gasteiger partial charge on any atom is -0.435 e. The molecule has 1 aliphatic carbocycles. The molecule has 136 valence electrons. The average Bonchev–Trinajstić information content (AvgIpc) is 3.40. The molecule has 1 saturated carbocycles. The fraction of sp³-hybridized carbons (Fsp3) is 0.235. The van der Waals surface area contributed by atoms with Gasteiger partial charge in [0.25, 0.3) is 11.6 Å². The second kappa shape index (κ2) is 7.34. The number of hydrogen-bond donors (Lipinski definition) is 2. The number of halogens is 2. The van der Waals surface area contributed by atoms with E-state index in [0.29, 0.717) is 11.4 Å². The van der Waals surface area contributed by atoms with E-state index in [1.54, 1.807) is 0 Å². The summed E-state index contributed by atoms with van der Waals surface area (Å²) in [5, 5.41) is 16.8. The van der Waals surface area contributed by atoms with Crippen molar-refractivity contribution in [1.82, 2.24) is 0 Å². The summed E-state index contributed by atoms with van der Waals surface area (Å²) < 4.78 is 28.5. The molecule has 0 heterocycles. The van der Waals surface area contributed by atoms with Crippen molar-refractivity contribution in [2.45, 2.75) is 25.5 Å². The maximum Gasteiger partial charge on any atom is 0.387 e. The number of rotatable bonds is 7. The summed E-state index contributed by atoms with van der Waals surface area (Å²) in [5.41, 5.74) is 0.665. The lowest BCUT2D eigenvalue weighted by Crippen LogP contribution is -2.13. The summed E-state index contributed by atoms with van der Waals surface area (Å²) >= 11 is 0. The van der Waals surface area contributed by atoms with Crippen molar-refractivity contribution in [3.8, 4) is 5.75 Å². The molecule has 2 N–H and O–H groups in total. The molecule has 1 amide bonds. The van der Waals surface area contributed by atoms with Crippen LogP contribution >= 0.6 is 0 Å². The van der Waals surface area contributed by atoms with Crippen molar-refractivity contribution < 1.29 is 23.2 Å². The average molecular weight is 363 g/mol. The van der Waals surface area contributed by atoms with Gasteiger partial charge in [-0.2, -0.15) is 8.78 Å². The first-order valence-corrected chi connectivity index (χ1v) is 7.83. The molecule has 0 radical (unpaired) electrons. The third kappa shape index (κ3) is 4.44. The molecule has 0 aromatic heterocycles. The number of benzene rings is 2. The first kappa shape index (κ1) is 17.6. The number of alkyl halides is 2. The smallest absolute Gasteiger partial charge is 0.387 e. The number of carbonyl (C=O) groups excluding carboxylic acids is 1. The van der Waals surface area contributed by atoms with Gasteiger partial charge in [0.05, 0.1) is 4.92 Å². The summed E-state index contributed by atoms with van der Waals surface area (Å²) in [6.07, 6.45) is 1.93. The molecular formula is C17H15F2N3O4. The molecular weight excluding hydrogens is 348 g/mol. The van der Waals surface area contributed by atoms with Crippen molar-refractivity contribution in [3.05, 3.63) is 58.1 Å². The Kier molecular flexibility index (Phi) is 4.97. The normalized spacial score (nSPS) is 13.3. The van der Waals surface area contributed by atoms with Gasteiger partial charge in [-0.05, 0) is 49.2 Å². The highest BCUT2D eigenvalue weighted by atomic mass is 19.3. The number of nitrogens with one attached hydrogen (secondary N) is 2. The van der Waals surface area contributed by atoms with Crippen LogP contribution in [-0.2, 0) is 0 Å². The van der Waals surface area contributed by atoms with E-state index in [0.717, 1.165) is 12.8 Å². The Morgan fingerprint density at radius 3 is 2.46 bits per heavy atom. The molecule has 0 spiro atoms. The Balaban J connectivity index is 1.72. The summed E-state index contributed by atoms with van der Waals surface area (Å²) in [6, 6.07) is 9.79. The summed E-state index contributed by atoms with van der Waals surface area (Å²) in [6.45, 7) is -2.93. The van der Waals surface area contributed by atoms with Crippen LogP contribution in [0.25, 0.3) is 0 Å².